The molecule has 4 N–H and O–H groups in total. The van der Waals surface area contributed by atoms with E-state index in [2.05, 4.69) is 0 Å². The predicted octanol–water partition coefficient (Wildman–Crippen LogP) is 0.459. The molecule has 0 aliphatic heterocycles. The molecule has 4 heteroatoms. The van der Waals surface area contributed by atoms with Crippen molar-refractivity contribution in [2.24, 2.45) is 0 Å². The Morgan fingerprint density at radius 1 is 1.50 bits per heavy atom. The highest BCUT2D eigenvalue weighted by Crippen LogP contribution is 2.13. The lowest BCUT2D eigenvalue weighted by Crippen LogP contribution is -2.03. The minimum atomic E-state index is -1.08. The lowest BCUT2D eigenvalue weighted by Gasteiger charge is -2.02. The number of carboxylic acids is 1. The molecule has 1 aromatic rings. The molecule has 1 aromatic carbocycles. The van der Waals surface area contributed by atoms with Crippen LogP contribution in [0.5, 0.6) is 0 Å². The van der Waals surface area contributed by atoms with Crippen molar-refractivity contribution < 1.29 is 15.0 Å². The van der Waals surface area contributed by atoms with E-state index in [-0.39, 0.29) is 12.2 Å². The summed E-state index contributed by atoms with van der Waals surface area (Å²) < 4.78 is 0. The first-order valence-corrected chi connectivity index (χ1v) is 3.37. The minimum Gasteiger partial charge on any atom is -0.478 e. The highest BCUT2D eigenvalue weighted by Gasteiger charge is 2.08. The summed E-state index contributed by atoms with van der Waals surface area (Å²) in [6.45, 7) is -0.290. The number of nitrogen functional groups attached to an aromatic ring is 1. The molecular formula is C8H9NO3. The molecule has 0 fully saturated rings. The van der Waals surface area contributed by atoms with Crippen molar-refractivity contribution in [3.05, 3.63) is 29.3 Å². The molecule has 0 spiro atoms. The highest BCUT2D eigenvalue weighted by atomic mass is 16.4. The normalized spacial score (nSPS) is 9.75. The van der Waals surface area contributed by atoms with Gasteiger partial charge in [-0.15, -0.1) is 0 Å². The average Bonchev–Trinajstić information content (AvgIpc) is 2.04. The molecule has 0 aliphatic carbocycles. The van der Waals surface area contributed by atoms with E-state index >= 15 is 0 Å². The van der Waals surface area contributed by atoms with Crippen LogP contribution in [0.1, 0.15) is 15.9 Å². The van der Waals surface area contributed by atoms with Crippen LogP contribution in [0, 0.1) is 0 Å². The van der Waals surface area contributed by atoms with Crippen LogP contribution in [0.4, 0.5) is 5.69 Å². The summed E-state index contributed by atoms with van der Waals surface area (Å²) in [5.74, 6) is -1.08. The molecule has 0 aliphatic rings. The number of aliphatic hydroxyl groups is 1. The first-order chi connectivity index (χ1) is 5.65. The Bertz CT molecular complexity index is 309. The lowest BCUT2D eigenvalue weighted by atomic mass is 10.1. The van der Waals surface area contributed by atoms with Gasteiger partial charge in [-0.25, -0.2) is 4.79 Å². The number of carboxylic acid groups (broad SMARTS) is 1. The lowest BCUT2D eigenvalue weighted by molar-refractivity contribution is 0.0693. The first-order valence-electron chi connectivity index (χ1n) is 3.37. The fourth-order valence-corrected chi connectivity index (χ4v) is 0.931. The molecule has 0 heterocycles. The van der Waals surface area contributed by atoms with Gasteiger partial charge in [-0.1, -0.05) is 6.07 Å². The highest BCUT2D eigenvalue weighted by molar-refractivity contribution is 5.90. The van der Waals surface area contributed by atoms with Gasteiger partial charge in [-0.2, -0.15) is 0 Å². The number of hydrogen-bond donors (Lipinski definition) is 3. The zero-order chi connectivity index (χ0) is 9.14. The second kappa shape index (κ2) is 3.23. The van der Waals surface area contributed by atoms with Crippen LogP contribution >= 0.6 is 0 Å². The van der Waals surface area contributed by atoms with E-state index in [1.807, 2.05) is 0 Å². The molecule has 0 unspecified atom stereocenters. The second-order valence-corrected chi connectivity index (χ2v) is 2.38. The maximum atomic E-state index is 10.6. The number of anilines is 1. The van der Waals surface area contributed by atoms with Crippen molar-refractivity contribution in [3.8, 4) is 0 Å². The summed E-state index contributed by atoms with van der Waals surface area (Å²) in [5.41, 5.74) is 6.18. The number of rotatable bonds is 2. The van der Waals surface area contributed by atoms with Crippen LogP contribution in [0.2, 0.25) is 0 Å². The fraction of sp³-hybridized carbons (Fsp3) is 0.125. The van der Waals surface area contributed by atoms with Gasteiger partial charge in [0.05, 0.1) is 12.2 Å². The van der Waals surface area contributed by atoms with E-state index in [0.717, 1.165) is 0 Å². The van der Waals surface area contributed by atoms with Gasteiger partial charge < -0.3 is 15.9 Å². The fourth-order valence-electron chi connectivity index (χ4n) is 0.931. The molecular weight excluding hydrogens is 158 g/mol. The maximum absolute atomic E-state index is 10.6. The summed E-state index contributed by atoms with van der Waals surface area (Å²) in [7, 11) is 0. The largest absolute Gasteiger partial charge is 0.478 e. The first kappa shape index (κ1) is 8.55. The number of aromatic carboxylic acids is 1. The van der Waals surface area contributed by atoms with E-state index in [1.165, 1.54) is 12.1 Å². The van der Waals surface area contributed by atoms with E-state index in [9.17, 15) is 4.79 Å². The van der Waals surface area contributed by atoms with Crippen molar-refractivity contribution in [1.29, 1.82) is 0 Å². The van der Waals surface area contributed by atoms with E-state index in [1.54, 1.807) is 6.07 Å². The van der Waals surface area contributed by atoms with Gasteiger partial charge in [0.25, 0.3) is 0 Å². The maximum Gasteiger partial charge on any atom is 0.336 e. The molecule has 0 bridgehead atoms. The van der Waals surface area contributed by atoms with Gasteiger partial charge in [0.2, 0.25) is 0 Å². The Morgan fingerprint density at radius 2 is 2.17 bits per heavy atom. The topological polar surface area (TPSA) is 83.5 Å². The van der Waals surface area contributed by atoms with Gasteiger partial charge in [-0.05, 0) is 17.7 Å². The SMILES string of the molecule is Nc1ccc(CO)c(C(=O)O)c1. The van der Waals surface area contributed by atoms with Crippen LogP contribution in [-0.2, 0) is 6.61 Å². The number of aliphatic hydroxyl groups excluding tert-OH is 1. The van der Waals surface area contributed by atoms with Crippen molar-refractivity contribution in [1.82, 2.24) is 0 Å². The molecule has 0 saturated heterocycles. The van der Waals surface area contributed by atoms with Crippen LogP contribution in [0.3, 0.4) is 0 Å². The number of nitrogens with two attached hydrogens (primary N) is 1. The molecule has 1 rings (SSSR count). The summed E-state index contributed by atoms with van der Waals surface area (Å²) in [6.07, 6.45) is 0. The van der Waals surface area contributed by atoms with Gasteiger partial charge in [-0.3, -0.25) is 0 Å². The van der Waals surface area contributed by atoms with Crippen LogP contribution in [-0.4, -0.2) is 16.2 Å². The van der Waals surface area contributed by atoms with Crippen molar-refractivity contribution >= 4 is 11.7 Å². The van der Waals surface area contributed by atoms with Crippen LogP contribution < -0.4 is 5.73 Å². The van der Waals surface area contributed by atoms with E-state index < -0.39 is 5.97 Å². The van der Waals surface area contributed by atoms with Crippen LogP contribution in [0.15, 0.2) is 18.2 Å². The van der Waals surface area contributed by atoms with Crippen molar-refractivity contribution in [3.63, 3.8) is 0 Å². The predicted molar refractivity (Wildman–Crippen MR) is 43.7 cm³/mol. The number of carbonyl (C=O) groups is 1. The van der Waals surface area contributed by atoms with Gasteiger partial charge >= 0.3 is 5.97 Å². The molecule has 0 amide bonds. The Hall–Kier alpha value is -1.55. The third kappa shape index (κ3) is 1.54. The van der Waals surface area contributed by atoms with Crippen molar-refractivity contribution in [2.75, 3.05) is 5.73 Å². The van der Waals surface area contributed by atoms with Gasteiger partial charge in [0, 0.05) is 5.69 Å². The van der Waals surface area contributed by atoms with Gasteiger partial charge in [0.1, 0.15) is 0 Å². The molecule has 0 radical (unpaired) electrons. The van der Waals surface area contributed by atoms with Gasteiger partial charge in [0.15, 0.2) is 0 Å². The molecule has 4 nitrogen and oxygen atoms in total. The molecule has 0 atom stereocenters. The zero-order valence-corrected chi connectivity index (χ0v) is 6.32. The third-order valence-corrected chi connectivity index (χ3v) is 1.53. The molecule has 0 aromatic heterocycles. The van der Waals surface area contributed by atoms with E-state index in [4.69, 9.17) is 15.9 Å². The summed E-state index contributed by atoms with van der Waals surface area (Å²) >= 11 is 0. The Morgan fingerprint density at radius 3 is 2.67 bits per heavy atom. The minimum absolute atomic E-state index is 0.0532. The third-order valence-electron chi connectivity index (χ3n) is 1.53. The summed E-state index contributed by atoms with van der Waals surface area (Å²) in [4.78, 5) is 10.6. The van der Waals surface area contributed by atoms with E-state index in [0.29, 0.717) is 11.3 Å². The van der Waals surface area contributed by atoms with Crippen LogP contribution in [0.25, 0.3) is 0 Å². The standard InChI is InChI=1S/C8H9NO3/c9-6-2-1-5(4-10)7(3-6)8(11)12/h1-3,10H,4,9H2,(H,11,12). The average molecular weight is 167 g/mol. The quantitative estimate of drug-likeness (QED) is 0.559. The number of hydrogen-bond acceptors (Lipinski definition) is 3. The van der Waals surface area contributed by atoms with Crippen molar-refractivity contribution in [2.45, 2.75) is 6.61 Å². The monoisotopic (exact) mass is 167 g/mol. The molecule has 0 saturated carbocycles. The number of benzene rings is 1. The zero-order valence-electron chi connectivity index (χ0n) is 6.32. The summed E-state index contributed by atoms with van der Waals surface area (Å²) in [5, 5.41) is 17.4. The second-order valence-electron chi connectivity index (χ2n) is 2.38. The summed E-state index contributed by atoms with van der Waals surface area (Å²) in [6, 6.07) is 4.38. The Balaban J connectivity index is 3.21. The Labute approximate surface area is 69.3 Å². The molecule has 64 valence electrons. The Kier molecular flexibility index (Phi) is 2.30. The smallest absolute Gasteiger partial charge is 0.336 e. The molecule has 12 heavy (non-hydrogen) atoms.